The van der Waals surface area contributed by atoms with E-state index in [4.69, 9.17) is 31.9 Å². The number of phenols is 1. The van der Waals surface area contributed by atoms with Crippen molar-refractivity contribution in [2.45, 2.75) is 31.4 Å². The van der Waals surface area contributed by atoms with Crippen molar-refractivity contribution in [1.82, 2.24) is 0 Å². The van der Waals surface area contributed by atoms with Gasteiger partial charge in [0.05, 0.1) is 62.3 Å². The molecule has 6 aromatic carbocycles. The lowest BCUT2D eigenvalue weighted by atomic mass is 10.0. The van der Waals surface area contributed by atoms with Gasteiger partial charge in [0.2, 0.25) is 0 Å². The number of fused-ring (bicyclic) bond motifs is 1. The van der Waals surface area contributed by atoms with Crippen LogP contribution in [0.3, 0.4) is 0 Å². The highest BCUT2D eigenvalue weighted by Gasteiger charge is 2.27. The molecule has 0 atom stereocenters. The van der Waals surface area contributed by atoms with Crippen LogP contribution in [0, 0.1) is 6.92 Å². The topological polar surface area (TPSA) is 448 Å². The van der Waals surface area contributed by atoms with Gasteiger partial charge in [-0.05, 0) is 103 Å². The number of rotatable bonds is 21. The van der Waals surface area contributed by atoms with Gasteiger partial charge in [-0.2, -0.15) is 27.1 Å². The van der Waals surface area contributed by atoms with Crippen molar-refractivity contribution in [3.8, 4) is 5.75 Å². The summed E-state index contributed by atoms with van der Waals surface area (Å²) in [4.78, 5) is -3.21. The monoisotopic (exact) mass is 1100 g/mol. The lowest BCUT2D eigenvalue weighted by molar-refractivity contribution is -0.434. The zero-order valence-corrected chi connectivity index (χ0v) is 40.4. The number of anilines is 4. The Hall–Kier alpha value is -6.48. The molecule has 0 bridgehead atoms. The number of benzene rings is 6. The van der Waals surface area contributed by atoms with E-state index in [-0.39, 0.29) is 50.9 Å². The Labute approximate surface area is 410 Å². The molecule has 0 unspecified atom stereocenters. The Kier molecular flexibility index (Phi) is 16.9. The summed E-state index contributed by atoms with van der Waals surface area (Å²) in [7, 11) is -19.0. The Morgan fingerprint density at radius 3 is 1.86 bits per heavy atom. The predicted molar refractivity (Wildman–Crippen MR) is 253 cm³/mol. The standard InChI is InChI=1S/C37H34N10O18S6/c1-19-14-29(27(39)17-26(19)38)44-41-20-2-4-22(5-3-20)47-69(53,54)23-8-6-21(7-9-23)42-46-36-33(71(58,59)60)16-25-31(66-64-62-49)18-30(35(40)34(25)37(36)48)45-43-28-11-10-24(15-32(28)70(55,56)57)68(51,52)13-12-61-67-65-63-50/h2-11,14-18,47-50H,12-13,38-40H2,1H3,(H,55,56,57)(H,58,59,60). The summed E-state index contributed by atoms with van der Waals surface area (Å²) in [5, 5.41) is 58.4. The second-order valence-electron chi connectivity index (χ2n) is 14.0. The van der Waals surface area contributed by atoms with E-state index < -0.39 is 101 Å². The van der Waals surface area contributed by atoms with Crippen LogP contribution in [-0.2, 0) is 63.0 Å². The van der Waals surface area contributed by atoms with Crippen LogP contribution < -0.4 is 21.9 Å². The lowest BCUT2D eigenvalue weighted by Crippen LogP contribution is -2.12. The predicted octanol–water partition coefficient (Wildman–Crippen LogP) is 8.34. The number of hydrogen-bond acceptors (Lipinski definition) is 27. The first-order chi connectivity index (χ1) is 33.4. The number of aryl methyl sites for hydroxylation is 1. The molecule has 0 saturated carbocycles. The SMILES string of the molecule is Cc1cc(N=Nc2ccc(NS(=O)(=O)c3ccc(N=Nc4c(S(=O)(=O)O)cc5c(SOOO)cc(N=Nc6ccc(S(=O)(=O)CCOSOOO)cc6S(=O)(=O)O)c(N)c5c4O)cc3)cc2)c(N)cc1N. The number of aromatic hydroxyl groups is 1. The van der Waals surface area contributed by atoms with Crippen LogP contribution in [0.15, 0.2) is 146 Å². The molecule has 0 saturated heterocycles. The van der Waals surface area contributed by atoms with E-state index >= 15 is 0 Å². The number of hydrogen-bond donors (Lipinski definition) is 9. The second kappa shape index (κ2) is 22.3. The summed E-state index contributed by atoms with van der Waals surface area (Å²) in [6.07, 6.45) is 0. The fraction of sp³-hybridized carbons (Fsp3) is 0.0811. The van der Waals surface area contributed by atoms with E-state index in [1.54, 1.807) is 19.1 Å². The first-order valence-corrected chi connectivity index (χ1v) is 26.3. The van der Waals surface area contributed by atoms with Crippen molar-refractivity contribution in [1.29, 1.82) is 0 Å². The third-order valence-corrected chi connectivity index (χ3v) is 15.2. The Bertz CT molecular complexity index is 3550. The molecular formula is C37H34N10O18S6. The maximum Gasteiger partial charge on any atom is 0.296 e. The van der Waals surface area contributed by atoms with Crippen molar-refractivity contribution in [3.05, 3.63) is 96.6 Å². The number of nitrogens with one attached hydrogen (secondary N) is 1. The molecule has 0 amide bonds. The first-order valence-electron chi connectivity index (χ1n) is 18.9. The Morgan fingerprint density at radius 2 is 1.23 bits per heavy atom. The largest absolute Gasteiger partial charge is 0.505 e. The number of phenolic OH excluding ortho intramolecular Hbond substituents is 1. The molecule has 6 aromatic rings. The van der Waals surface area contributed by atoms with Gasteiger partial charge in [-0.1, -0.05) is 10.1 Å². The van der Waals surface area contributed by atoms with Gasteiger partial charge in [-0.15, -0.1) is 29.1 Å². The molecule has 71 heavy (non-hydrogen) atoms. The second-order valence-corrected chi connectivity index (χ2v) is 21.8. The van der Waals surface area contributed by atoms with Crippen LogP contribution in [0.25, 0.3) is 10.8 Å². The number of sulfone groups is 1. The zero-order valence-electron chi connectivity index (χ0n) is 35.5. The Morgan fingerprint density at radius 1 is 0.634 bits per heavy atom. The maximum absolute atomic E-state index is 13.3. The summed E-state index contributed by atoms with van der Waals surface area (Å²) in [5.41, 5.74) is 18.1. The molecule has 12 N–H and O–H groups in total. The van der Waals surface area contributed by atoms with Crippen LogP contribution >= 0.6 is 24.4 Å². The fourth-order valence-corrected chi connectivity index (χ4v) is 10.3. The number of azo groups is 3. The van der Waals surface area contributed by atoms with Crippen molar-refractivity contribution in [2.75, 3.05) is 34.3 Å². The molecule has 0 fully saturated rings. The normalized spacial score (nSPS) is 12.7. The summed E-state index contributed by atoms with van der Waals surface area (Å²) < 4.78 is 138. The van der Waals surface area contributed by atoms with Crippen molar-refractivity contribution in [3.63, 3.8) is 0 Å². The van der Waals surface area contributed by atoms with Crippen molar-refractivity contribution in [2.24, 2.45) is 30.7 Å². The van der Waals surface area contributed by atoms with Crippen LogP contribution in [0.2, 0.25) is 0 Å². The molecule has 376 valence electrons. The molecule has 0 spiro atoms. The van der Waals surface area contributed by atoms with Gasteiger partial charge < -0.3 is 22.3 Å². The average Bonchev–Trinajstić information content (AvgIpc) is 3.31. The summed E-state index contributed by atoms with van der Waals surface area (Å²) >= 11 is 0.275. The van der Waals surface area contributed by atoms with E-state index in [0.29, 0.717) is 28.8 Å². The van der Waals surface area contributed by atoms with Crippen molar-refractivity contribution < 1.29 is 81.3 Å². The van der Waals surface area contributed by atoms with Crippen LogP contribution in [0.5, 0.6) is 5.75 Å². The molecule has 0 radical (unpaired) electrons. The molecule has 6 rings (SSSR count). The average molecular weight is 1100 g/mol. The first kappa shape index (κ1) is 53.9. The maximum atomic E-state index is 13.3. The quantitative estimate of drug-likeness (QED) is 0.00621. The molecule has 0 heterocycles. The van der Waals surface area contributed by atoms with Gasteiger partial charge in [0.15, 0.2) is 27.9 Å². The van der Waals surface area contributed by atoms with E-state index in [9.17, 15) is 47.9 Å². The van der Waals surface area contributed by atoms with Gasteiger partial charge in [0.25, 0.3) is 30.3 Å². The Balaban J connectivity index is 1.30. The smallest absolute Gasteiger partial charge is 0.296 e. The fourth-order valence-electron chi connectivity index (χ4n) is 5.95. The van der Waals surface area contributed by atoms with Crippen LogP contribution in [0.1, 0.15) is 5.56 Å². The molecule has 28 nitrogen and oxygen atoms in total. The molecule has 0 aliphatic rings. The van der Waals surface area contributed by atoms with Crippen LogP contribution in [0.4, 0.5) is 56.9 Å². The number of nitrogen functional groups attached to an aromatic ring is 3. The minimum absolute atomic E-state index is 0.0894. The van der Waals surface area contributed by atoms with E-state index in [2.05, 4.69) is 54.2 Å². The highest BCUT2D eigenvalue weighted by molar-refractivity contribution is 7.95. The summed E-state index contributed by atoms with van der Waals surface area (Å²) in [6, 6.07) is 17.8. The van der Waals surface area contributed by atoms with Gasteiger partial charge in [0.1, 0.15) is 32.5 Å². The van der Waals surface area contributed by atoms with Gasteiger partial charge in [0, 0.05) is 21.7 Å². The third kappa shape index (κ3) is 13.3. The molecular weight excluding hydrogens is 1060 g/mol. The van der Waals surface area contributed by atoms with E-state index in [0.717, 1.165) is 42.0 Å². The molecule has 34 heteroatoms. The molecule has 0 aliphatic carbocycles. The molecule has 0 aromatic heterocycles. The highest BCUT2D eigenvalue weighted by atomic mass is 32.2. The van der Waals surface area contributed by atoms with E-state index in [1.807, 2.05) is 0 Å². The number of nitrogens with zero attached hydrogens (tertiary/aromatic N) is 6. The number of sulfonamides is 1. The van der Waals surface area contributed by atoms with Gasteiger partial charge in [-0.3, -0.25) is 18.0 Å². The summed E-state index contributed by atoms with van der Waals surface area (Å²) in [5.74, 6) is -1.81. The summed E-state index contributed by atoms with van der Waals surface area (Å²) in [6.45, 7) is 1.24. The lowest BCUT2D eigenvalue weighted by Gasteiger charge is -2.14. The van der Waals surface area contributed by atoms with Crippen molar-refractivity contribution >= 4 is 132 Å². The van der Waals surface area contributed by atoms with Crippen LogP contribution in [-0.4, -0.2) is 70.8 Å². The zero-order chi connectivity index (χ0) is 51.9. The van der Waals surface area contributed by atoms with Gasteiger partial charge >= 0.3 is 0 Å². The minimum atomic E-state index is -5.27. The van der Waals surface area contributed by atoms with E-state index in [1.165, 1.54) is 36.4 Å². The minimum Gasteiger partial charge on any atom is -0.505 e. The number of nitrogens with two attached hydrogens (primary N) is 3. The third-order valence-electron chi connectivity index (χ3n) is 9.35. The highest BCUT2D eigenvalue weighted by Crippen LogP contribution is 2.49. The molecule has 0 aliphatic heterocycles. The van der Waals surface area contributed by atoms with Gasteiger partial charge in [-0.25, -0.2) is 27.4 Å².